The normalized spacial score (nSPS) is 11.8. The van der Waals surface area contributed by atoms with Crippen molar-refractivity contribution in [1.82, 2.24) is 9.88 Å². The van der Waals surface area contributed by atoms with Gasteiger partial charge in [-0.15, -0.1) is 0 Å². The minimum absolute atomic E-state index is 0.0207. The number of carbonyl (C=O) groups excluding carboxylic acids is 2. The van der Waals surface area contributed by atoms with Gasteiger partial charge in [-0.3, -0.25) is 14.6 Å². The first-order chi connectivity index (χ1) is 9.99. The molecule has 1 atom stereocenters. The zero-order valence-corrected chi connectivity index (χ0v) is 13.7. The molecule has 0 aliphatic heterocycles. The highest BCUT2D eigenvalue weighted by Gasteiger charge is 2.22. The summed E-state index contributed by atoms with van der Waals surface area (Å²) in [5.74, 6) is -1.03. The topological polar surface area (TPSA) is 79.7 Å². The number of ether oxygens (including phenoxy) is 1. The smallest absolute Gasteiger partial charge is 0.310 e. The van der Waals surface area contributed by atoms with Gasteiger partial charge in [-0.1, -0.05) is 6.92 Å². The molecule has 0 saturated heterocycles. The van der Waals surface area contributed by atoms with Gasteiger partial charge in [-0.2, -0.15) is 0 Å². The standard InChI is InChI=1S/C14H19BrN2O4/c1-10(14(20)21-2)9-17(4-3-5-18)13(19)11-6-12(15)8-16-7-11/h6-8,10,18H,3-5,9H2,1-2H3. The van der Waals surface area contributed by atoms with E-state index in [1.165, 1.54) is 18.2 Å². The molecule has 21 heavy (non-hydrogen) atoms. The average molecular weight is 359 g/mol. The molecule has 0 aliphatic carbocycles. The number of methoxy groups -OCH3 is 1. The van der Waals surface area contributed by atoms with E-state index in [0.29, 0.717) is 23.0 Å². The van der Waals surface area contributed by atoms with Crippen LogP contribution in [0.5, 0.6) is 0 Å². The van der Waals surface area contributed by atoms with Crippen molar-refractivity contribution in [2.45, 2.75) is 13.3 Å². The molecule has 1 aromatic heterocycles. The summed E-state index contributed by atoms with van der Waals surface area (Å²) in [6, 6.07) is 1.67. The number of hydrogen-bond donors (Lipinski definition) is 1. The molecule has 1 aromatic rings. The lowest BCUT2D eigenvalue weighted by Gasteiger charge is -2.25. The van der Waals surface area contributed by atoms with Gasteiger partial charge in [0, 0.05) is 36.6 Å². The van der Waals surface area contributed by atoms with Crippen molar-refractivity contribution in [2.24, 2.45) is 5.92 Å². The summed E-state index contributed by atoms with van der Waals surface area (Å²) in [4.78, 5) is 29.5. The van der Waals surface area contributed by atoms with E-state index in [0.717, 1.165) is 0 Å². The van der Waals surface area contributed by atoms with Gasteiger partial charge >= 0.3 is 5.97 Å². The lowest BCUT2D eigenvalue weighted by atomic mass is 10.1. The van der Waals surface area contributed by atoms with E-state index in [-0.39, 0.29) is 25.0 Å². The number of pyridine rings is 1. The highest BCUT2D eigenvalue weighted by Crippen LogP contribution is 2.13. The fourth-order valence-corrected chi connectivity index (χ4v) is 2.22. The van der Waals surface area contributed by atoms with Crippen molar-refractivity contribution >= 4 is 27.8 Å². The summed E-state index contributed by atoms with van der Waals surface area (Å²) < 4.78 is 5.38. The minimum Gasteiger partial charge on any atom is -0.469 e. The number of esters is 1. The van der Waals surface area contributed by atoms with E-state index < -0.39 is 5.92 Å². The molecule has 0 radical (unpaired) electrons. The molecule has 116 valence electrons. The van der Waals surface area contributed by atoms with Crippen LogP contribution in [0.2, 0.25) is 0 Å². The molecule has 0 saturated carbocycles. The Bertz CT molecular complexity index is 496. The third-order valence-electron chi connectivity index (χ3n) is 2.92. The quantitative estimate of drug-likeness (QED) is 0.746. The number of aromatic nitrogens is 1. The van der Waals surface area contributed by atoms with Crippen molar-refractivity contribution in [3.63, 3.8) is 0 Å². The van der Waals surface area contributed by atoms with Gasteiger partial charge in [0.15, 0.2) is 0 Å². The molecule has 1 unspecified atom stereocenters. The SMILES string of the molecule is COC(=O)C(C)CN(CCCO)C(=O)c1cncc(Br)c1. The maximum atomic E-state index is 12.5. The second kappa shape index (κ2) is 8.74. The third kappa shape index (κ3) is 5.43. The van der Waals surface area contributed by atoms with Gasteiger partial charge in [0.05, 0.1) is 18.6 Å². The van der Waals surface area contributed by atoms with Gasteiger partial charge in [-0.25, -0.2) is 0 Å². The molecule has 0 fully saturated rings. The van der Waals surface area contributed by atoms with Crippen LogP contribution in [0.3, 0.4) is 0 Å². The Morgan fingerprint density at radius 2 is 2.19 bits per heavy atom. The molecular formula is C14H19BrN2O4. The van der Waals surface area contributed by atoms with Crippen LogP contribution < -0.4 is 0 Å². The van der Waals surface area contributed by atoms with Crippen molar-refractivity contribution < 1.29 is 19.4 Å². The van der Waals surface area contributed by atoms with E-state index in [4.69, 9.17) is 5.11 Å². The number of hydrogen-bond acceptors (Lipinski definition) is 5. The van der Waals surface area contributed by atoms with Crippen molar-refractivity contribution in [1.29, 1.82) is 0 Å². The minimum atomic E-state index is -0.433. The Balaban J connectivity index is 2.85. The second-order valence-corrected chi connectivity index (χ2v) is 5.56. The summed E-state index contributed by atoms with van der Waals surface area (Å²) in [7, 11) is 1.32. The first-order valence-corrected chi connectivity index (χ1v) is 7.37. The van der Waals surface area contributed by atoms with Gasteiger partial charge in [0.25, 0.3) is 5.91 Å². The zero-order chi connectivity index (χ0) is 15.8. The van der Waals surface area contributed by atoms with Gasteiger partial charge in [0.1, 0.15) is 0 Å². The third-order valence-corrected chi connectivity index (χ3v) is 3.36. The summed E-state index contributed by atoms with van der Waals surface area (Å²) in [6.07, 6.45) is 3.51. The highest BCUT2D eigenvalue weighted by molar-refractivity contribution is 9.10. The molecule has 1 heterocycles. The molecule has 1 rings (SSSR count). The predicted octanol–water partition coefficient (Wildman–Crippen LogP) is 1.48. The first kappa shape index (κ1) is 17.6. The number of carbonyl (C=O) groups is 2. The predicted molar refractivity (Wildman–Crippen MR) is 80.7 cm³/mol. The van der Waals surface area contributed by atoms with Crippen LogP contribution in [-0.4, -0.2) is 53.7 Å². The largest absolute Gasteiger partial charge is 0.469 e. The van der Waals surface area contributed by atoms with Crippen LogP contribution in [0, 0.1) is 5.92 Å². The monoisotopic (exact) mass is 358 g/mol. The van der Waals surface area contributed by atoms with E-state index >= 15 is 0 Å². The van der Waals surface area contributed by atoms with E-state index in [1.807, 2.05) is 0 Å². The van der Waals surface area contributed by atoms with Crippen LogP contribution in [0.15, 0.2) is 22.9 Å². The van der Waals surface area contributed by atoms with Crippen LogP contribution in [0.25, 0.3) is 0 Å². The molecule has 1 N–H and O–H groups in total. The molecular weight excluding hydrogens is 340 g/mol. The maximum absolute atomic E-state index is 12.5. The van der Waals surface area contributed by atoms with Gasteiger partial charge in [-0.05, 0) is 28.4 Å². The van der Waals surface area contributed by atoms with Crippen molar-refractivity contribution in [3.05, 3.63) is 28.5 Å². The van der Waals surface area contributed by atoms with E-state index in [2.05, 4.69) is 25.7 Å². The number of aliphatic hydroxyl groups is 1. The van der Waals surface area contributed by atoms with Crippen molar-refractivity contribution in [3.8, 4) is 0 Å². The van der Waals surface area contributed by atoms with Crippen LogP contribution in [0.1, 0.15) is 23.7 Å². The molecule has 7 heteroatoms. The van der Waals surface area contributed by atoms with Gasteiger partial charge in [0.2, 0.25) is 0 Å². The number of halogens is 1. The lowest BCUT2D eigenvalue weighted by Crippen LogP contribution is -2.38. The van der Waals surface area contributed by atoms with Crippen molar-refractivity contribution in [2.75, 3.05) is 26.8 Å². The van der Waals surface area contributed by atoms with Crippen LogP contribution in [0.4, 0.5) is 0 Å². The van der Waals surface area contributed by atoms with Crippen LogP contribution in [-0.2, 0) is 9.53 Å². The molecule has 0 aromatic carbocycles. The fourth-order valence-electron chi connectivity index (χ4n) is 1.86. The molecule has 1 amide bonds. The number of amides is 1. The summed E-state index contributed by atoms with van der Waals surface area (Å²) in [5, 5.41) is 8.95. The molecule has 0 spiro atoms. The van der Waals surface area contributed by atoms with E-state index in [9.17, 15) is 9.59 Å². The molecule has 0 aliphatic rings. The summed E-state index contributed by atoms with van der Waals surface area (Å²) >= 11 is 3.27. The number of aliphatic hydroxyl groups excluding tert-OH is 1. The Labute approximate surface area is 132 Å². The molecule has 0 bridgehead atoms. The Hall–Kier alpha value is -1.47. The number of nitrogens with zero attached hydrogens (tertiary/aromatic N) is 2. The lowest BCUT2D eigenvalue weighted by molar-refractivity contribution is -0.145. The zero-order valence-electron chi connectivity index (χ0n) is 12.1. The Kier molecular flexibility index (Phi) is 7.31. The number of rotatable bonds is 7. The highest BCUT2D eigenvalue weighted by atomic mass is 79.9. The average Bonchev–Trinajstić information content (AvgIpc) is 2.49. The van der Waals surface area contributed by atoms with E-state index in [1.54, 1.807) is 19.2 Å². The summed E-state index contributed by atoms with van der Waals surface area (Å²) in [5.41, 5.74) is 0.430. The Morgan fingerprint density at radius 1 is 1.48 bits per heavy atom. The second-order valence-electron chi connectivity index (χ2n) is 4.64. The van der Waals surface area contributed by atoms with Crippen LogP contribution >= 0.6 is 15.9 Å². The first-order valence-electron chi connectivity index (χ1n) is 6.58. The molecule has 6 nitrogen and oxygen atoms in total. The maximum Gasteiger partial charge on any atom is 0.310 e. The van der Waals surface area contributed by atoms with Gasteiger partial charge < -0.3 is 14.7 Å². The fraction of sp³-hybridized carbons (Fsp3) is 0.500. The Morgan fingerprint density at radius 3 is 2.76 bits per heavy atom. The summed E-state index contributed by atoms with van der Waals surface area (Å²) in [6.45, 7) is 2.28.